The fourth-order valence-electron chi connectivity index (χ4n) is 9.12. The van der Waals surface area contributed by atoms with Gasteiger partial charge in [0.1, 0.15) is 23.0 Å². The Bertz CT molecular complexity index is 2270. The minimum atomic E-state index is -1.03. The molecule has 4 rings (SSSR count). The van der Waals surface area contributed by atoms with Crippen LogP contribution in [-0.4, -0.2) is 39.8 Å². The highest BCUT2D eigenvalue weighted by molar-refractivity contribution is 7.77. The molecule has 0 spiro atoms. The van der Waals surface area contributed by atoms with Gasteiger partial charge < -0.3 is 18.9 Å². The maximum atomic E-state index is 6.39. The van der Waals surface area contributed by atoms with Gasteiger partial charge in [-0.15, -0.1) is 0 Å². The quantitative estimate of drug-likeness (QED) is 0.133. The highest BCUT2D eigenvalue weighted by atomic mass is 31.1. The molecule has 0 bridgehead atoms. The van der Waals surface area contributed by atoms with Crippen LogP contribution in [0.1, 0.15) is 184 Å². The summed E-state index contributed by atoms with van der Waals surface area (Å²) in [6, 6.07) is 21.9. The summed E-state index contributed by atoms with van der Waals surface area (Å²) in [5.41, 5.74) is 8.99. The maximum absolute atomic E-state index is 6.39. The Morgan fingerprint density at radius 1 is 0.400 bits per heavy atom. The van der Waals surface area contributed by atoms with Gasteiger partial charge in [-0.25, -0.2) is 0 Å². The van der Waals surface area contributed by atoms with Gasteiger partial charge in [-0.1, -0.05) is 151 Å². The van der Waals surface area contributed by atoms with E-state index in [-0.39, 0.29) is 43.8 Å². The summed E-state index contributed by atoms with van der Waals surface area (Å²) >= 11 is 0. The van der Waals surface area contributed by atoms with Gasteiger partial charge in [-0.3, -0.25) is 0 Å². The van der Waals surface area contributed by atoms with Crippen molar-refractivity contribution in [2.45, 2.75) is 189 Å². The van der Waals surface area contributed by atoms with Crippen molar-refractivity contribution >= 4 is 42.6 Å². The highest BCUT2D eigenvalue weighted by Gasteiger charge is 2.39. The highest BCUT2D eigenvalue weighted by Crippen LogP contribution is 2.55. The van der Waals surface area contributed by atoms with Crippen LogP contribution in [0.2, 0.25) is 0 Å². The lowest BCUT2D eigenvalue weighted by molar-refractivity contribution is 0.381. The molecule has 0 heterocycles. The Labute approximate surface area is 400 Å². The van der Waals surface area contributed by atoms with E-state index in [1.807, 2.05) is 14.2 Å². The molecule has 0 amide bonds. The fourth-order valence-corrected chi connectivity index (χ4v) is 15.4. The molecule has 0 aliphatic carbocycles. The molecule has 0 radical (unpaired) electrons. The largest absolute Gasteiger partial charge is 0.496 e. The summed E-state index contributed by atoms with van der Waals surface area (Å²) in [5, 5.41) is 5.45. The van der Waals surface area contributed by atoms with Crippen LogP contribution in [0.4, 0.5) is 0 Å². The van der Waals surface area contributed by atoms with E-state index in [9.17, 15) is 0 Å². The van der Waals surface area contributed by atoms with Gasteiger partial charge in [0.25, 0.3) is 0 Å². The van der Waals surface area contributed by atoms with Crippen molar-refractivity contribution < 1.29 is 18.9 Å². The third-order valence-electron chi connectivity index (χ3n) is 12.9. The van der Waals surface area contributed by atoms with Gasteiger partial charge in [0.05, 0.1) is 28.4 Å². The van der Waals surface area contributed by atoms with E-state index in [1.165, 1.54) is 54.6 Å². The Balaban J connectivity index is 2.31. The molecule has 0 aromatic heterocycles. The SMILES string of the molecule is C=C(C)c1cc(P(c2cc(C(C)(C)C)c(OC)c(C(C)(C)C)c2)[C@H](C)[C@@H](C)P(c2ccc(OC)c(C(C)(C)C)c2)c2cc(C(C)(C)C)c(OC)c(C(C)(C)C)c2)cc(C(C)(C)C)c1OC. The van der Waals surface area contributed by atoms with E-state index in [4.69, 9.17) is 18.9 Å². The van der Waals surface area contributed by atoms with Crippen molar-refractivity contribution in [2.75, 3.05) is 28.4 Å². The van der Waals surface area contributed by atoms with Crippen molar-refractivity contribution in [1.29, 1.82) is 0 Å². The summed E-state index contributed by atoms with van der Waals surface area (Å²) in [4.78, 5) is 0. The van der Waals surface area contributed by atoms with E-state index < -0.39 is 15.8 Å². The second-order valence-electron chi connectivity index (χ2n) is 24.6. The zero-order chi connectivity index (χ0) is 49.7. The van der Waals surface area contributed by atoms with Crippen molar-refractivity contribution in [3.63, 3.8) is 0 Å². The monoisotopic (exact) mass is 923 g/mol. The maximum Gasteiger partial charge on any atom is 0.130 e. The zero-order valence-corrected chi connectivity index (χ0v) is 47.4. The number of hydrogen-bond acceptors (Lipinski definition) is 4. The number of ether oxygens (including phenoxy) is 4. The van der Waals surface area contributed by atoms with E-state index in [0.717, 1.165) is 34.1 Å². The van der Waals surface area contributed by atoms with Crippen LogP contribution in [0.3, 0.4) is 0 Å². The molecule has 65 heavy (non-hydrogen) atoms. The van der Waals surface area contributed by atoms with Crippen molar-refractivity contribution in [3.8, 4) is 23.0 Å². The second kappa shape index (κ2) is 19.4. The molecule has 0 aliphatic heterocycles. The summed E-state index contributed by atoms with van der Waals surface area (Å²) in [5.74, 6) is 3.85. The molecule has 358 valence electrons. The fraction of sp³-hybridized carbons (Fsp3) is 0.559. The Kier molecular flexibility index (Phi) is 16.2. The smallest absolute Gasteiger partial charge is 0.130 e. The lowest BCUT2D eigenvalue weighted by Crippen LogP contribution is -2.34. The normalized spacial score (nSPS) is 15.0. The average molecular weight is 923 g/mol. The minimum Gasteiger partial charge on any atom is -0.496 e. The Morgan fingerprint density at radius 3 is 0.954 bits per heavy atom. The third kappa shape index (κ3) is 11.7. The third-order valence-corrected chi connectivity index (χ3v) is 19.0. The number of allylic oxidation sites excluding steroid dienone is 1. The molecule has 0 saturated heterocycles. The number of rotatable bonds is 12. The predicted molar refractivity (Wildman–Crippen MR) is 290 cm³/mol. The van der Waals surface area contributed by atoms with Gasteiger partial charge >= 0.3 is 0 Å². The van der Waals surface area contributed by atoms with Crippen LogP contribution < -0.4 is 40.2 Å². The van der Waals surface area contributed by atoms with Crippen molar-refractivity contribution in [1.82, 2.24) is 0 Å². The molecule has 0 saturated carbocycles. The molecule has 2 unspecified atom stereocenters. The molecule has 4 atom stereocenters. The molecule has 0 fully saturated rings. The first-order chi connectivity index (χ1) is 29.5. The summed E-state index contributed by atoms with van der Waals surface area (Å²) in [6.45, 7) is 53.3. The Morgan fingerprint density at radius 2 is 0.677 bits per heavy atom. The van der Waals surface area contributed by atoms with Gasteiger partial charge in [-0.05, 0) is 142 Å². The van der Waals surface area contributed by atoms with Gasteiger partial charge in [0, 0.05) is 38.9 Å². The van der Waals surface area contributed by atoms with Crippen molar-refractivity contribution in [3.05, 3.63) is 100 Å². The first kappa shape index (κ1) is 54.3. The lowest BCUT2D eigenvalue weighted by Gasteiger charge is -2.39. The topological polar surface area (TPSA) is 36.9 Å². The second-order valence-corrected chi connectivity index (χ2v) is 29.8. The number of hydrogen-bond donors (Lipinski definition) is 0. The minimum absolute atomic E-state index is 0.127. The average Bonchev–Trinajstić information content (AvgIpc) is 3.17. The van der Waals surface area contributed by atoms with E-state index in [1.54, 1.807) is 14.2 Å². The molecular formula is C59H88O4P2. The molecule has 0 aliphatic rings. The van der Waals surface area contributed by atoms with E-state index >= 15 is 0 Å². The van der Waals surface area contributed by atoms with Crippen LogP contribution in [0.15, 0.2) is 61.2 Å². The first-order valence-corrected chi connectivity index (χ1v) is 26.5. The number of benzene rings is 4. The van der Waals surface area contributed by atoms with Crippen LogP contribution >= 0.6 is 15.8 Å². The summed E-state index contributed by atoms with van der Waals surface area (Å²) < 4.78 is 25.1. The lowest BCUT2D eigenvalue weighted by atomic mass is 9.79. The number of methoxy groups -OCH3 is 4. The van der Waals surface area contributed by atoms with E-state index in [2.05, 4.69) is 207 Å². The standard InChI is InChI=1S/C59H88O4P2/c1-36(2)43-29-40(31-45(51(43)61-24)55(8,9)10)65(42-34-48(58(17,18)19)53(63-26)49(35-42)59(20,21)22)38(4)37(3)64(39-27-28-50(60-23)44(30-39)54(5,6)7)41-32-46(56(11,12)13)52(62-25)47(33-41)57(14,15)16/h27-35,37-38H,1H2,2-26H3/t37-,38-,64?,65?/m1/s1. The molecule has 4 aromatic carbocycles. The molecule has 4 nitrogen and oxygen atoms in total. The van der Waals surface area contributed by atoms with Crippen molar-refractivity contribution in [2.24, 2.45) is 0 Å². The zero-order valence-electron chi connectivity index (χ0n) is 45.6. The van der Waals surface area contributed by atoms with Gasteiger partial charge in [0.15, 0.2) is 0 Å². The van der Waals surface area contributed by atoms with Gasteiger partial charge in [0.2, 0.25) is 0 Å². The molecular weight excluding hydrogens is 835 g/mol. The van der Waals surface area contributed by atoms with Gasteiger partial charge in [-0.2, -0.15) is 0 Å². The summed E-state index contributed by atoms with van der Waals surface area (Å²) in [7, 11) is 5.27. The van der Waals surface area contributed by atoms with Crippen LogP contribution in [0, 0.1) is 0 Å². The van der Waals surface area contributed by atoms with Crippen LogP contribution in [-0.2, 0) is 32.5 Å². The summed E-state index contributed by atoms with van der Waals surface area (Å²) in [6.07, 6.45) is 0. The predicted octanol–water partition coefficient (Wildman–Crippen LogP) is 14.9. The Hall–Kier alpha value is -3.32. The molecule has 0 N–H and O–H groups in total. The first-order valence-electron chi connectivity index (χ1n) is 23.7. The van der Waals surface area contributed by atoms with Crippen LogP contribution in [0.5, 0.6) is 23.0 Å². The van der Waals surface area contributed by atoms with Crippen LogP contribution in [0.25, 0.3) is 5.57 Å². The van der Waals surface area contributed by atoms with E-state index in [0.29, 0.717) is 0 Å². The molecule has 6 heteroatoms. The molecule has 4 aromatic rings.